The maximum absolute atomic E-state index is 12.2. The quantitative estimate of drug-likeness (QED) is 0.813. The normalized spacial score (nSPS) is 20.5. The summed E-state index contributed by atoms with van der Waals surface area (Å²) in [6, 6.07) is 6.60. The first-order valence-corrected chi connectivity index (χ1v) is 9.37. The van der Waals surface area contributed by atoms with Gasteiger partial charge >= 0.3 is 0 Å². The summed E-state index contributed by atoms with van der Waals surface area (Å²) < 4.78 is 0. The van der Waals surface area contributed by atoms with Crippen LogP contribution in [0.25, 0.3) is 0 Å². The highest BCUT2D eigenvalue weighted by Crippen LogP contribution is 2.36. The molecule has 0 spiro atoms. The smallest absolute Gasteiger partial charge is 0.249 e. The fourth-order valence-corrected chi connectivity index (χ4v) is 4.18. The monoisotopic (exact) mass is 328 g/mol. The van der Waals surface area contributed by atoms with Crippen molar-refractivity contribution in [2.75, 3.05) is 11.4 Å². The van der Waals surface area contributed by atoms with E-state index in [9.17, 15) is 9.59 Å². The minimum absolute atomic E-state index is 0.141. The van der Waals surface area contributed by atoms with Crippen LogP contribution in [-0.2, 0) is 16.0 Å². The molecule has 24 heavy (non-hydrogen) atoms. The lowest BCUT2D eigenvalue weighted by molar-refractivity contribution is -0.134. The Morgan fingerprint density at radius 2 is 1.92 bits per heavy atom. The van der Waals surface area contributed by atoms with Gasteiger partial charge in [-0.25, -0.2) is 0 Å². The Balaban J connectivity index is 1.80. The van der Waals surface area contributed by atoms with Crippen LogP contribution in [0.2, 0.25) is 0 Å². The molecule has 0 radical (unpaired) electrons. The van der Waals surface area contributed by atoms with Crippen LogP contribution in [0.5, 0.6) is 0 Å². The summed E-state index contributed by atoms with van der Waals surface area (Å²) in [6.45, 7) is 5.37. The summed E-state index contributed by atoms with van der Waals surface area (Å²) >= 11 is 0. The first-order valence-electron chi connectivity index (χ1n) is 9.37. The fourth-order valence-electron chi connectivity index (χ4n) is 4.18. The van der Waals surface area contributed by atoms with Crippen molar-refractivity contribution in [1.29, 1.82) is 0 Å². The molecule has 3 rings (SSSR count). The molecule has 2 heterocycles. The molecule has 1 unspecified atom stereocenters. The number of nitrogens with one attached hydrogen (secondary N) is 1. The van der Waals surface area contributed by atoms with Crippen LogP contribution in [0.3, 0.4) is 0 Å². The minimum Gasteiger partial charge on any atom is -0.359 e. The minimum atomic E-state index is -0.197. The van der Waals surface area contributed by atoms with Crippen molar-refractivity contribution in [3.05, 3.63) is 29.3 Å². The molecule has 1 aromatic rings. The summed E-state index contributed by atoms with van der Waals surface area (Å²) in [5.74, 6) is 0.362. The maximum atomic E-state index is 12.2. The van der Waals surface area contributed by atoms with Crippen LogP contribution >= 0.6 is 0 Å². The zero-order valence-electron chi connectivity index (χ0n) is 14.8. The van der Waals surface area contributed by atoms with Crippen molar-refractivity contribution in [2.45, 2.75) is 70.8 Å². The summed E-state index contributed by atoms with van der Waals surface area (Å²) in [6.07, 6.45) is 6.96. The van der Waals surface area contributed by atoms with Crippen LogP contribution in [0.4, 0.5) is 5.69 Å². The first-order chi connectivity index (χ1) is 11.6. The lowest BCUT2D eigenvalue weighted by atomic mass is 9.89. The molecule has 0 aliphatic carbocycles. The largest absolute Gasteiger partial charge is 0.359 e. The number of carbonyl (C=O) groups is 2. The van der Waals surface area contributed by atoms with E-state index in [4.69, 9.17) is 0 Å². The molecule has 4 heteroatoms. The third-order valence-electron chi connectivity index (χ3n) is 5.37. The molecule has 0 aromatic heterocycles. The van der Waals surface area contributed by atoms with E-state index in [0.29, 0.717) is 18.8 Å². The molecule has 4 nitrogen and oxygen atoms in total. The van der Waals surface area contributed by atoms with Crippen molar-refractivity contribution in [3.8, 4) is 0 Å². The lowest BCUT2D eigenvalue weighted by Gasteiger charge is -2.31. The fraction of sp³-hybridized carbons (Fsp3) is 0.600. The van der Waals surface area contributed by atoms with E-state index in [1.807, 2.05) is 0 Å². The summed E-state index contributed by atoms with van der Waals surface area (Å²) in [5.41, 5.74) is 3.98. The molecule has 130 valence electrons. The zero-order chi connectivity index (χ0) is 17.1. The van der Waals surface area contributed by atoms with E-state index in [2.05, 4.69) is 42.3 Å². The summed E-state index contributed by atoms with van der Waals surface area (Å²) in [4.78, 5) is 25.7. The van der Waals surface area contributed by atoms with Gasteiger partial charge in [-0.1, -0.05) is 38.8 Å². The Kier molecular flexibility index (Phi) is 5.22. The van der Waals surface area contributed by atoms with Gasteiger partial charge in [-0.15, -0.1) is 0 Å². The van der Waals surface area contributed by atoms with Gasteiger partial charge in [0.25, 0.3) is 0 Å². The molecule has 1 atom stereocenters. The molecule has 1 fully saturated rings. The number of piperidine rings is 1. The molecule has 1 aromatic carbocycles. The highest BCUT2D eigenvalue weighted by Gasteiger charge is 2.35. The van der Waals surface area contributed by atoms with Crippen molar-refractivity contribution < 1.29 is 9.59 Å². The Bertz CT molecular complexity index is 620. The number of carbonyl (C=O) groups excluding carboxylic acids is 2. The van der Waals surface area contributed by atoms with Crippen LogP contribution in [0.1, 0.15) is 69.4 Å². The number of anilines is 1. The van der Waals surface area contributed by atoms with E-state index in [1.165, 1.54) is 42.5 Å². The number of hydrogen-bond donors (Lipinski definition) is 1. The third kappa shape index (κ3) is 3.33. The van der Waals surface area contributed by atoms with E-state index in [0.717, 1.165) is 13.0 Å². The molecule has 0 bridgehead atoms. The zero-order valence-corrected chi connectivity index (χ0v) is 14.8. The number of benzene rings is 1. The second-order valence-electron chi connectivity index (χ2n) is 7.07. The van der Waals surface area contributed by atoms with Gasteiger partial charge in [0.05, 0.1) is 0 Å². The van der Waals surface area contributed by atoms with Gasteiger partial charge in [0.1, 0.15) is 6.04 Å². The van der Waals surface area contributed by atoms with Crippen molar-refractivity contribution in [2.24, 2.45) is 0 Å². The van der Waals surface area contributed by atoms with Crippen molar-refractivity contribution in [1.82, 2.24) is 5.32 Å². The highest BCUT2D eigenvalue weighted by molar-refractivity contribution is 6.01. The number of fused-ring (bicyclic) bond motifs is 1. The molecule has 2 aliphatic heterocycles. The third-order valence-corrected chi connectivity index (χ3v) is 5.37. The second-order valence-corrected chi connectivity index (χ2v) is 7.07. The van der Waals surface area contributed by atoms with Crippen LogP contribution < -0.4 is 10.2 Å². The van der Waals surface area contributed by atoms with Gasteiger partial charge in [-0.2, -0.15) is 0 Å². The predicted molar refractivity (Wildman–Crippen MR) is 96.2 cm³/mol. The van der Waals surface area contributed by atoms with E-state index in [-0.39, 0.29) is 17.9 Å². The number of amides is 2. The molecular weight excluding hydrogens is 300 g/mol. The van der Waals surface area contributed by atoms with E-state index in [1.54, 1.807) is 0 Å². The maximum Gasteiger partial charge on any atom is 0.249 e. The lowest BCUT2D eigenvalue weighted by Crippen LogP contribution is -2.52. The van der Waals surface area contributed by atoms with Gasteiger partial charge in [-0.3, -0.25) is 14.9 Å². The number of rotatable bonds is 6. The molecule has 0 saturated carbocycles. The number of imide groups is 1. The van der Waals surface area contributed by atoms with Crippen molar-refractivity contribution in [3.63, 3.8) is 0 Å². The Labute approximate surface area is 144 Å². The van der Waals surface area contributed by atoms with Crippen LogP contribution in [0.15, 0.2) is 18.2 Å². The standard InChI is InChI=1S/C20H28N2O2/c1-3-5-14(6-4-2)15-7-8-17-16(13-15)11-12-22(17)18-9-10-19(23)21-20(18)24/h7-8,13-14,18H,3-6,9-12H2,1-2H3,(H,21,23,24). The number of hydrogen-bond acceptors (Lipinski definition) is 3. The predicted octanol–water partition coefficient (Wildman–Crippen LogP) is 3.54. The van der Waals surface area contributed by atoms with Gasteiger partial charge in [-0.05, 0) is 48.8 Å². The van der Waals surface area contributed by atoms with Crippen LogP contribution in [0, 0.1) is 0 Å². The highest BCUT2D eigenvalue weighted by atomic mass is 16.2. The molecule has 2 aliphatic rings. The Hall–Kier alpha value is -1.84. The van der Waals surface area contributed by atoms with Gasteiger partial charge in [0.2, 0.25) is 11.8 Å². The van der Waals surface area contributed by atoms with E-state index >= 15 is 0 Å². The molecule has 2 amide bonds. The topological polar surface area (TPSA) is 49.4 Å². The molecule has 1 saturated heterocycles. The molecule has 1 N–H and O–H groups in total. The SMILES string of the molecule is CCCC(CCC)c1ccc2c(c1)CCN2C1CCC(=O)NC1=O. The second kappa shape index (κ2) is 7.37. The molecular formula is C20H28N2O2. The first kappa shape index (κ1) is 17.0. The average molecular weight is 328 g/mol. The van der Waals surface area contributed by atoms with Gasteiger partial charge in [0.15, 0.2) is 0 Å². The van der Waals surface area contributed by atoms with Crippen LogP contribution in [-0.4, -0.2) is 24.4 Å². The number of nitrogens with zero attached hydrogens (tertiary/aromatic N) is 1. The van der Waals surface area contributed by atoms with Gasteiger partial charge in [0, 0.05) is 18.7 Å². The van der Waals surface area contributed by atoms with Crippen molar-refractivity contribution >= 4 is 17.5 Å². The van der Waals surface area contributed by atoms with E-state index < -0.39 is 0 Å². The summed E-state index contributed by atoms with van der Waals surface area (Å²) in [7, 11) is 0. The average Bonchev–Trinajstić information content (AvgIpc) is 2.97. The summed E-state index contributed by atoms with van der Waals surface area (Å²) in [5, 5.41) is 2.48. The Morgan fingerprint density at radius 1 is 1.17 bits per heavy atom. The Morgan fingerprint density at radius 3 is 2.58 bits per heavy atom. The van der Waals surface area contributed by atoms with Gasteiger partial charge < -0.3 is 4.90 Å².